The molecule has 1 aromatic carbocycles. The number of carbonyl (C=O) groups excluding carboxylic acids is 2. The Morgan fingerprint density at radius 3 is 2.71 bits per heavy atom. The average Bonchev–Trinajstić information content (AvgIpc) is 3.16. The number of nitrogens with zero attached hydrogens (tertiary/aromatic N) is 2. The lowest BCUT2D eigenvalue weighted by molar-refractivity contribution is -0.380. The zero-order valence-electron chi connectivity index (χ0n) is 12.7. The molecule has 1 aliphatic heterocycles. The Balaban J connectivity index is 1.59. The van der Waals surface area contributed by atoms with E-state index in [2.05, 4.69) is 5.32 Å². The summed E-state index contributed by atoms with van der Waals surface area (Å²) in [5, 5.41) is 13.4. The first-order valence-corrected chi connectivity index (χ1v) is 8.21. The highest BCUT2D eigenvalue weighted by Gasteiger charge is 2.31. The number of rotatable bonds is 5. The molecule has 2 amide bonds. The number of carbonyl (C=O) groups is 2. The van der Waals surface area contributed by atoms with Gasteiger partial charge in [-0.3, -0.25) is 19.7 Å². The minimum Gasteiger partial charge on any atom is -0.346 e. The van der Waals surface area contributed by atoms with Gasteiger partial charge < -0.3 is 10.2 Å². The summed E-state index contributed by atoms with van der Waals surface area (Å²) in [6.45, 7) is 0.948. The zero-order valence-corrected chi connectivity index (χ0v) is 13.5. The van der Waals surface area contributed by atoms with E-state index in [4.69, 9.17) is 0 Å². The van der Waals surface area contributed by atoms with E-state index < -0.39 is 4.92 Å². The highest BCUT2D eigenvalue weighted by atomic mass is 32.1. The average molecular weight is 345 g/mol. The lowest BCUT2D eigenvalue weighted by atomic mass is 10.2. The molecule has 24 heavy (non-hydrogen) atoms. The summed E-state index contributed by atoms with van der Waals surface area (Å²) in [4.78, 5) is 36.4. The molecule has 0 saturated carbocycles. The number of nitrogens with one attached hydrogen (secondary N) is 1. The van der Waals surface area contributed by atoms with Gasteiger partial charge in [0.15, 0.2) is 0 Å². The third-order valence-corrected chi connectivity index (χ3v) is 4.80. The molecular formula is C16H15N3O4S. The molecule has 7 nitrogen and oxygen atoms in total. The molecule has 8 heteroatoms. The Kier molecular flexibility index (Phi) is 4.57. The van der Waals surface area contributed by atoms with Crippen LogP contribution < -0.4 is 5.32 Å². The fourth-order valence-corrected chi connectivity index (χ4v) is 3.35. The van der Waals surface area contributed by atoms with Crippen molar-refractivity contribution in [2.75, 3.05) is 6.54 Å². The van der Waals surface area contributed by atoms with Crippen molar-refractivity contribution in [3.8, 4) is 0 Å². The second kappa shape index (κ2) is 6.79. The van der Waals surface area contributed by atoms with Gasteiger partial charge >= 0.3 is 5.00 Å². The van der Waals surface area contributed by atoms with E-state index in [1.165, 1.54) is 12.1 Å². The van der Waals surface area contributed by atoms with Crippen LogP contribution in [0.5, 0.6) is 0 Å². The molecule has 124 valence electrons. The van der Waals surface area contributed by atoms with Gasteiger partial charge in [-0.15, -0.1) is 0 Å². The quantitative estimate of drug-likeness (QED) is 0.664. The molecule has 0 spiro atoms. The Morgan fingerprint density at radius 1 is 1.29 bits per heavy atom. The predicted octanol–water partition coefficient (Wildman–Crippen LogP) is 2.19. The second-order valence-electron chi connectivity index (χ2n) is 5.53. The maximum atomic E-state index is 12.2. The number of hydrogen-bond donors (Lipinski definition) is 1. The molecule has 3 rings (SSSR count). The smallest absolute Gasteiger partial charge is 0.324 e. The van der Waals surface area contributed by atoms with E-state index in [0.717, 1.165) is 16.9 Å². The lowest BCUT2D eigenvalue weighted by Crippen LogP contribution is -2.36. The van der Waals surface area contributed by atoms with Gasteiger partial charge in [-0.2, -0.15) is 0 Å². The van der Waals surface area contributed by atoms with E-state index in [-0.39, 0.29) is 34.2 Å². The predicted molar refractivity (Wildman–Crippen MR) is 88.7 cm³/mol. The van der Waals surface area contributed by atoms with Crippen LogP contribution in [0.25, 0.3) is 0 Å². The first kappa shape index (κ1) is 16.1. The van der Waals surface area contributed by atoms with E-state index in [9.17, 15) is 19.7 Å². The number of benzene rings is 1. The molecule has 1 fully saturated rings. The van der Waals surface area contributed by atoms with Crippen LogP contribution in [-0.4, -0.2) is 34.2 Å². The molecule has 0 radical (unpaired) electrons. The molecule has 0 bridgehead atoms. The molecule has 1 N–H and O–H groups in total. The molecule has 1 aromatic heterocycles. The maximum absolute atomic E-state index is 12.2. The van der Waals surface area contributed by atoms with Gasteiger partial charge in [-0.05, 0) is 11.6 Å². The third-order valence-electron chi connectivity index (χ3n) is 3.76. The van der Waals surface area contributed by atoms with Crippen LogP contribution in [0.2, 0.25) is 0 Å². The van der Waals surface area contributed by atoms with E-state index in [0.29, 0.717) is 13.1 Å². The largest absolute Gasteiger partial charge is 0.346 e. The van der Waals surface area contributed by atoms with Crippen molar-refractivity contribution in [2.24, 2.45) is 0 Å². The van der Waals surface area contributed by atoms with Crippen molar-refractivity contribution >= 4 is 28.2 Å². The minimum absolute atomic E-state index is 0.0127. The van der Waals surface area contributed by atoms with E-state index in [1.54, 1.807) is 4.90 Å². The minimum atomic E-state index is -0.526. The van der Waals surface area contributed by atoms with Gasteiger partial charge in [-0.1, -0.05) is 41.7 Å². The van der Waals surface area contributed by atoms with Crippen molar-refractivity contribution in [3.05, 3.63) is 63.0 Å². The molecule has 1 saturated heterocycles. The highest BCUT2D eigenvalue weighted by molar-refractivity contribution is 7.17. The topological polar surface area (TPSA) is 92.6 Å². The van der Waals surface area contributed by atoms with E-state index >= 15 is 0 Å². The van der Waals surface area contributed by atoms with Gasteiger partial charge in [0.25, 0.3) is 5.91 Å². The van der Waals surface area contributed by atoms with Crippen LogP contribution in [0.3, 0.4) is 0 Å². The summed E-state index contributed by atoms with van der Waals surface area (Å²) in [7, 11) is 0. The van der Waals surface area contributed by atoms with Crippen molar-refractivity contribution in [3.63, 3.8) is 0 Å². The molecule has 1 atom stereocenters. The number of nitro groups is 1. The normalized spacial score (nSPS) is 17.1. The molecule has 2 heterocycles. The molecular weight excluding hydrogens is 330 g/mol. The van der Waals surface area contributed by atoms with Crippen molar-refractivity contribution in [1.29, 1.82) is 0 Å². The van der Waals surface area contributed by atoms with Crippen LogP contribution >= 0.6 is 11.3 Å². The summed E-state index contributed by atoms with van der Waals surface area (Å²) in [5.41, 5.74) is 1.03. The molecule has 1 aliphatic rings. The Labute approximate surface area is 142 Å². The lowest BCUT2D eigenvalue weighted by Gasteiger charge is -2.17. The Hall–Kier alpha value is -2.74. The monoisotopic (exact) mass is 345 g/mol. The van der Waals surface area contributed by atoms with Gasteiger partial charge in [0, 0.05) is 25.6 Å². The van der Waals surface area contributed by atoms with Gasteiger partial charge in [0.05, 0.1) is 15.8 Å². The third kappa shape index (κ3) is 3.60. The summed E-state index contributed by atoms with van der Waals surface area (Å²) in [6.07, 6.45) is 0.242. The Bertz CT molecular complexity index is 775. The van der Waals surface area contributed by atoms with Crippen LogP contribution in [0.15, 0.2) is 42.5 Å². The first-order chi connectivity index (χ1) is 11.5. The van der Waals surface area contributed by atoms with Crippen LogP contribution in [0.4, 0.5) is 5.00 Å². The number of amides is 2. The van der Waals surface area contributed by atoms with Crippen LogP contribution in [0.1, 0.15) is 21.7 Å². The molecule has 2 aromatic rings. The van der Waals surface area contributed by atoms with Crippen molar-refractivity contribution in [1.82, 2.24) is 10.2 Å². The number of hydrogen-bond acceptors (Lipinski definition) is 5. The zero-order chi connectivity index (χ0) is 17.1. The summed E-state index contributed by atoms with van der Waals surface area (Å²) >= 11 is 0.827. The number of thiophene rings is 1. The van der Waals surface area contributed by atoms with Gasteiger partial charge in [0.1, 0.15) is 0 Å². The second-order valence-corrected chi connectivity index (χ2v) is 6.59. The van der Waals surface area contributed by atoms with Gasteiger partial charge in [-0.25, -0.2) is 0 Å². The molecule has 0 aliphatic carbocycles. The number of likely N-dealkylation sites (tertiary alicyclic amines) is 1. The Morgan fingerprint density at radius 2 is 2.04 bits per heavy atom. The van der Waals surface area contributed by atoms with E-state index in [1.807, 2.05) is 30.3 Å². The highest BCUT2D eigenvalue weighted by Crippen LogP contribution is 2.24. The molecule has 1 unspecified atom stereocenters. The van der Waals surface area contributed by atoms with Gasteiger partial charge in [0.2, 0.25) is 5.91 Å². The summed E-state index contributed by atoms with van der Waals surface area (Å²) < 4.78 is 0. The van der Waals surface area contributed by atoms with Crippen LogP contribution in [0, 0.1) is 10.1 Å². The van der Waals surface area contributed by atoms with Crippen molar-refractivity contribution in [2.45, 2.75) is 19.0 Å². The fourth-order valence-electron chi connectivity index (χ4n) is 2.63. The van der Waals surface area contributed by atoms with Crippen molar-refractivity contribution < 1.29 is 14.5 Å². The van der Waals surface area contributed by atoms with Crippen LogP contribution in [-0.2, 0) is 11.3 Å². The summed E-state index contributed by atoms with van der Waals surface area (Å²) in [5.74, 6) is -0.395. The first-order valence-electron chi connectivity index (χ1n) is 7.39. The standard InChI is InChI=1S/C16H15N3O4S/c20-14-8-12(10-18(14)9-11-4-2-1-3-5-11)17-16(21)13-6-7-15(24-13)19(22)23/h1-7,12H,8-10H2,(H,17,21). The summed E-state index contributed by atoms with van der Waals surface area (Å²) in [6, 6.07) is 12.1. The maximum Gasteiger partial charge on any atom is 0.324 e. The fraction of sp³-hybridized carbons (Fsp3) is 0.250. The SMILES string of the molecule is O=C(NC1CC(=O)N(Cc2ccccc2)C1)c1ccc([N+](=O)[O-])s1.